The van der Waals surface area contributed by atoms with Gasteiger partial charge in [-0.25, -0.2) is 8.78 Å². The first-order valence-corrected chi connectivity index (χ1v) is 5.99. The first-order valence-electron chi connectivity index (χ1n) is 5.99. The highest BCUT2D eigenvalue weighted by molar-refractivity contribution is 5.37. The van der Waals surface area contributed by atoms with Crippen LogP contribution in [0.3, 0.4) is 0 Å². The fourth-order valence-corrected chi connectivity index (χ4v) is 2.08. The van der Waals surface area contributed by atoms with Gasteiger partial charge in [0.2, 0.25) is 0 Å². The van der Waals surface area contributed by atoms with Gasteiger partial charge in [0.25, 0.3) is 0 Å². The van der Waals surface area contributed by atoms with Crippen molar-refractivity contribution < 1.29 is 8.78 Å². The fourth-order valence-electron chi connectivity index (χ4n) is 2.08. The number of halogens is 2. The van der Waals surface area contributed by atoms with Gasteiger partial charge in [0.05, 0.1) is 0 Å². The quantitative estimate of drug-likeness (QED) is 0.703. The Kier molecular flexibility index (Phi) is 3.00. The van der Waals surface area contributed by atoms with E-state index in [1.165, 1.54) is 12.1 Å². The molecular weight excluding hydrogens is 206 g/mol. The minimum atomic E-state index is -0.716. The second kappa shape index (κ2) is 4.15. The lowest BCUT2D eigenvalue weighted by Gasteiger charge is -2.20. The molecule has 16 heavy (non-hydrogen) atoms. The summed E-state index contributed by atoms with van der Waals surface area (Å²) in [5, 5.41) is 0. The van der Waals surface area contributed by atoms with Gasteiger partial charge in [0.1, 0.15) is 0 Å². The third kappa shape index (κ3) is 2.11. The van der Waals surface area contributed by atoms with Gasteiger partial charge < -0.3 is 0 Å². The van der Waals surface area contributed by atoms with Gasteiger partial charge in [-0.15, -0.1) is 0 Å². The summed E-state index contributed by atoms with van der Waals surface area (Å²) in [5.41, 5.74) is 2.02. The van der Waals surface area contributed by atoms with Gasteiger partial charge in [-0.05, 0) is 53.9 Å². The lowest BCUT2D eigenvalue weighted by Crippen LogP contribution is -2.07. The Morgan fingerprint density at radius 1 is 1.06 bits per heavy atom. The van der Waals surface area contributed by atoms with Gasteiger partial charge in [0, 0.05) is 0 Å². The molecule has 0 radical (unpaired) electrons. The van der Waals surface area contributed by atoms with E-state index in [2.05, 4.69) is 20.8 Å². The van der Waals surface area contributed by atoms with Crippen LogP contribution in [0.2, 0.25) is 0 Å². The summed E-state index contributed by atoms with van der Waals surface area (Å²) in [7, 11) is 0. The molecular formula is C14H18F2. The van der Waals surface area contributed by atoms with Crippen molar-refractivity contribution in [1.82, 2.24) is 0 Å². The van der Waals surface area contributed by atoms with Crippen LogP contribution in [0.15, 0.2) is 12.1 Å². The van der Waals surface area contributed by atoms with Crippen molar-refractivity contribution in [2.75, 3.05) is 0 Å². The van der Waals surface area contributed by atoms with Gasteiger partial charge in [-0.1, -0.05) is 20.8 Å². The van der Waals surface area contributed by atoms with Gasteiger partial charge in [-0.2, -0.15) is 0 Å². The number of hydrogen-bond donors (Lipinski definition) is 0. The van der Waals surface area contributed by atoms with Crippen LogP contribution in [0.5, 0.6) is 0 Å². The minimum Gasteiger partial charge on any atom is -0.204 e. The Hall–Kier alpha value is -0.920. The average Bonchev–Trinajstić information content (AvgIpc) is 3.03. The lowest BCUT2D eigenvalue weighted by atomic mass is 9.85. The second-order valence-electron chi connectivity index (χ2n) is 5.20. The third-order valence-electron chi connectivity index (χ3n) is 3.63. The second-order valence-corrected chi connectivity index (χ2v) is 5.20. The lowest BCUT2D eigenvalue weighted by molar-refractivity contribution is 0.491. The summed E-state index contributed by atoms with van der Waals surface area (Å²) in [4.78, 5) is 0. The molecule has 0 N–H and O–H groups in total. The standard InChI is InChI=1S/C14H18F2/c1-8(2)9(3)11-6-13(15)14(16)7-12(11)10-4-5-10/h6-10H,4-5H2,1-3H3. The van der Waals surface area contributed by atoms with Crippen LogP contribution in [0.1, 0.15) is 56.6 Å². The number of benzene rings is 1. The molecule has 1 atom stereocenters. The summed E-state index contributed by atoms with van der Waals surface area (Å²) in [6.07, 6.45) is 2.23. The van der Waals surface area contributed by atoms with Crippen molar-refractivity contribution in [3.05, 3.63) is 34.9 Å². The SMILES string of the molecule is CC(C)C(C)c1cc(F)c(F)cc1C1CC1. The Labute approximate surface area is 95.7 Å². The molecule has 88 valence electrons. The Bertz CT molecular complexity index is 392. The first kappa shape index (κ1) is 11.6. The van der Waals surface area contributed by atoms with Gasteiger partial charge in [0.15, 0.2) is 11.6 Å². The van der Waals surface area contributed by atoms with Crippen molar-refractivity contribution >= 4 is 0 Å². The molecule has 1 unspecified atom stereocenters. The third-order valence-corrected chi connectivity index (χ3v) is 3.63. The van der Waals surface area contributed by atoms with Crippen molar-refractivity contribution in [2.24, 2.45) is 5.92 Å². The van der Waals surface area contributed by atoms with Crippen LogP contribution in [0, 0.1) is 17.6 Å². The van der Waals surface area contributed by atoms with E-state index < -0.39 is 11.6 Å². The topological polar surface area (TPSA) is 0 Å². The molecule has 1 aromatic rings. The van der Waals surface area contributed by atoms with Crippen LogP contribution in [0.25, 0.3) is 0 Å². The van der Waals surface area contributed by atoms with Crippen LogP contribution >= 0.6 is 0 Å². The Morgan fingerprint density at radius 3 is 2.12 bits per heavy atom. The van der Waals surface area contributed by atoms with E-state index in [1.807, 2.05) is 0 Å². The van der Waals surface area contributed by atoms with Crippen molar-refractivity contribution in [3.8, 4) is 0 Å². The summed E-state index contributed by atoms with van der Waals surface area (Å²) < 4.78 is 26.5. The Morgan fingerprint density at radius 2 is 1.62 bits per heavy atom. The molecule has 1 aliphatic carbocycles. The maximum Gasteiger partial charge on any atom is 0.159 e. The zero-order valence-corrected chi connectivity index (χ0v) is 10.1. The monoisotopic (exact) mass is 224 g/mol. The molecule has 1 aromatic carbocycles. The summed E-state index contributed by atoms with van der Waals surface area (Å²) in [5.74, 6) is -0.229. The molecule has 2 rings (SSSR count). The molecule has 0 amide bonds. The smallest absolute Gasteiger partial charge is 0.159 e. The number of hydrogen-bond acceptors (Lipinski definition) is 0. The summed E-state index contributed by atoms with van der Waals surface area (Å²) in [6.45, 7) is 6.31. The maximum atomic E-state index is 13.3. The molecule has 1 aliphatic rings. The van der Waals surface area contributed by atoms with E-state index in [0.29, 0.717) is 11.8 Å². The van der Waals surface area contributed by atoms with E-state index in [1.54, 1.807) is 0 Å². The normalized spacial score (nSPS) is 17.9. The molecule has 0 nitrogen and oxygen atoms in total. The zero-order valence-electron chi connectivity index (χ0n) is 10.1. The van der Waals surface area contributed by atoms with Crippen LogP contribution < -0.4 is 0 Å². The van der Waals surface area contributed by atoms with Crippen LogP contribution in [-0.2, 0) is 0 Å². The van der Waals surface area contributed by atoms with E-state index in [4.69, 9.17) is 0 Å². The largest absolute Gasteiger partial charge is 0.204 e. The molecule has 0 spiro atoms. The fraction of sp³-hybridized carbons (Fsp3) is 0.571. The predicted octanol–water partition coefficient (Wildman–Crippen LogP) is 4.60. The highest BCUT2D eigenvalue weighted by Gasteiger charge is 2.29. The Balaban J connectivity index is 2.44. The molecule has 0 saturated heterocycles. The van der Waals surface area contributed by atoms with E-state index in [9.17, 15) is 8.78 Å². The summed E-state index contributed by atoms with van der Waals surface area (Å²) in [6, 6.07) is 2.80. The minimum absolute atomic E-state index is 0.283. The van der Waals surface area contributed by atoms with Crippen molar-refractivity contribution in [2.45, 2.75) is 45.4 Å². The number of rotatable bonds is 3. The average molecular weight is 224 g/mol. The molecule has 1 fully saturated rings. The van der Waals surface area contributed by atoms with Gasteiger partial charge in [-0.3, -0.25) is 0 Å². The molecule has 0 aromatic heterocycles. The van der Waals surface area contributed by atoms with Crippen molar-refractivity contribution in [1.29, 1.82) is 0 Å². The molecule has 0 heterocycles. The molecule has 0 bridgehead atoms. The van der Waals surface area contributed by atoms with Crippen LogP contribution in [-0.4, -0.2) is 0 Å². The van der Waals surface area contributed by atoms with Crippen LogP contribution in [0.4, 0.5) is 8.78 Å². The highest BCUT2D eigenvalue weighted by Crippen LogP contribution is 2.44. The molecule has 2 heteroatoms. The van der Waals surface area contributed by atoms with E-state index in [0.717, 1.165) is 24.0 Å². The maximum absolute atomic E-state index is 13.3. The molecule has 1 saturated carbocycles. The predicted molar refractivity (Wildman–Crippen MR) is 61.6 cm³/mol. The van der Waals surface area contributed by atoms with Gasteiger partial charge >= 0.3 is 0 Å². The highest BCUT2D eigenvalue weighted by atomic mass is 19.2. The van der Waals surface area contributed by atoms with Crippen molar-refractivity contribution in [3.63, 3.8) is 0 Å². The molecule has 0 aliphatic heterocycles. The zero-order chi connectivity index (χ0) is 11.9. The van der Waals surface area contributed by atoms with E-state index in [-0.39, 0.29) is 5.92 Å². The first-order chi connectivity index (χ1) is 7.50. The summed E-state index contributed by atoms with van der Waals surface area (Å²) >= 11 is 0. The van der Waals surface area contributed by atoms with E-state index >= 15 is 0 Å².